The first-order valence-corrected chi connectivity index (χ1v) is 5.84. The summed E-state index contributed by atoms with van der Waals surface area (Å²) >= 11 is 5.88. The molecule has 6 heteroatoms. The summed E-state index contributed by atoms with van der Waals surface area (Å²) in [7, 11) is 1.26. The van der Waals surface area contributed by atoms with Crippen LogP contribution in [0.4, 0.5) is 10.1 Å². The van der Waals surface area contributed by atoms with E-state index in [0.717, 1.165) is 0 Å². The molecular formula is C13H11ClFNO3. The van der Waals surface area contributed by atoms with Crippen LogP contribution in [0.25, 0.3) is 0 Å². The van der Waals surface area contributed by atoms with E-state index in [4.69, 9.17) is 16.0 Å². The third-order valence-corrected chi connectivity index (χ3v) is 2.85. The number of carbonyl (C=O) groups excluding carboxylic acids is 1. The van der Waals surface area contributed by atoms with Crippen LogP contribution in [0.3, 0.4) is 0 Å². The van der Waals surface area contributed by atoms with E-state index in [1.807, 2.05) is 0 Å². The number of hydrogen-bond acceptors (Lipinski definition) is 4. The number of rotatable bonds is 4. The van der Waals surface area contributed by atoms with Gasteiger partial charge in [-0.3, -0.25) is 0 Å². The number of halogens is 2. The van der Waals surface area contributed by atoms with E-state index < -0.39 is 11.8 Å². The Morgan fingerprint density at radius 1 is 1.47 bits per heavy atom. The molecule has 19 heavy (non-hydrogen) atoms. The van der Waals surface area contributed by atoms with Crippen LogP contribution in [0.2, 0.25) is 5.02 Å². The van der Waals surface area contributed by atoms with Crippen LogP contribution >= 0.6 is 11.6 Å². The second kappa shape index (κ2) is 5.75. The van der Waals surface area contributed by atoms with Crippen molar-refractivity contribution in [3.05, 3.63) is 52.7 Å². The average molecular weight is 284 g/mol. The molecule has 0 spiro atoms. The summed E-state index contributed by atoms with van der Waals surface area (Å²) in [4.78, 5) is 11.4. The molecular weight excluding hydrogens is 273 g/mol. The van der Waals surface area contributed by atoms with Crippen LogP contribution in [0.1, 0.15) is 16.1 Å². The summed E-state index contributed by atoms with van der Waals surface area (Å²) in [6.45, 7) is 0.196. The van der Waals surface area contributed by atoms with E-state index in [1.165, 1.54) is 25.5 Å². The van der Waals surface area contributed by atoms with Gasteiger partial charge in [0.2, 0.25) is 5.76 Å². The Morgan fingerprint density at radius 3 is 2.95 bits per heavy atom. The van der Waals surface area contributed by atoms with Crippen molar-refractivity contribution in [1.82, 2.24) is 0 Å². The third kappa shape index (κ3) is 2.88. The van der Waals surface area contributed by atoms with Crippen LogP contribution in [0, 0.1) is 5.82 Å². The molecule has 1 aromatic heterocycles. The number of carbonyl (C=O) groups is 1. The van der Waals surface area contributed by atoms with Crippen LogP contribution in [0.15, 0.2) is 34.9 Å². The van der Waals surface area contributed by atoms with Crippen molar-refractivity contribution in [2.45, 2.75) is 6.54 Å². The minimum atomic E-state index is -0.582. The second-order valence-corrected chi connectivity index (χ2v) is 4.12. The molecule has 0 fully saturated rings. The summed E-state index contributed by atoms with van der Waals surface area (Å²) in [6, 6.07) is 5.99. The van der Waals surface area contributed by atoms with Crippen molar-refractivity contribution in [3.8, 4) is 0 Å². The van der Waals surface area contributed by atoms with E-state index >= 15 is 0 Å². The SMILES string of the molecule is COC(=O)c1occc1CNc1c(F)cccc1Cl. The zero-order valence-corrected chi connectivity index (χ0v) is 10.8. The molecule has 1 heterocycles. The maximum absolute atomic E-state index is 13.5. The highest BCUT2D eigenvalue weighted by atomic mass is 35.5. The molecule has 100 valence electrons. The molecule has 2 aromatic rings. The van der Waals surface area contributed by atoms with Crippen molar-refractivity contribution < 1.29 is 18.3 Å². The lowest BCUT2D eigenvalue weighted by Gasteiger charge is -2.08. The van der Waals surface area contributed by atoms with Crippen LogP contribution in [-0.2, 0) is 11.3 Å². The van der Waals surface area contributed by atoms with Gasteiger partial charge in [-0.05, 0) is 18.2 Å². The van der Waals surface area contributed by atoms with Crippen LogP contribution in [0.5, 0.6) is 0 Å². The lowest BCUT2D eigenvalue weighted by molar-refractivity contribution is 0.0563. The smallest absolute Gasteiger partial charge is 0.374 e. The van der Waals surface area contributed by atoms with Gasteiger partial charge in [0.1, 0.15) is 5.82 Å². The molecule has 0 atom stereocenters. The topological polar surface area (TPSA) is 51.5 Å². The molecule has 0 bridgehead atoms. The zero-order chi connectivity index (χ0) is 13.8. The van der Waals surface area contributed by atoms with Gasteiger partial charge in [0.25, 0.3) is 0 Å². The fraction of sp³-hybridized carbons (Fsp3) is 0.154. The molecule has 0 aliphatic carbocycles. The largest absolute Gasteiger partial charge is 0.463 e. The molecule has 4 nitrogen and oxygen atoms in total. The quantitative estimate of drug-likeness (QED) is 0.873. The Hall–Kier alpha value is -2.01. The molecule has 0 aliphatic heterocycles. The van der Waals surface area contributed by atoms with Crippen molar-refractivity contribution in [2.75, 3.05) is 12.4 Å². The predicted octanol–water partition coefficient (Wildman–Crippen LogP) is 3.47. The molecule has 1 aromatic carbocycles. The highest BCUT2D eigenvalue weighted by Gasteiger charge is 2.16. The fourth-order valence-corrected chi connectivity index (χ4v) is 1.83. The molecule has 0 radical (unpaired) electrons. The van der Waals surface area contributed by atoms with E-state index in [-0.39, 0.29) is 23.0 Å². The number of benzene rings is 1. The second-order valence-electron chi connectivity index (χ2n) is 3.72. The number of ether oxygens (including phenoxy) is 1. The van der Waals surface area contributed by atoms with E-state index in [9.17, 15) is 9.18 Å². The number of hydrogen-bond donors (Lipinski definition) is 1. The van der Waals surface area contributed by atoms with E-state index in [2.05, 4.69) is 10.1 Å². The summed E-state index contributed by atoms with van der Waals surface area (Å²) < 4.78 is 23.1. The van der Waals surface area contributed by atoms with Gasteiger partial charge < -0.3 is 14.5 Å². The lowest BCUT2D eigenvalue weighted by atomic mass is 10.2. The van der Waals surface area contributed by atoms with Crippen molar-refractivity contribution >= 4 is 23.3 Å². The van der Waals surface area contributed by atoms with Gasteiger partial charge in [-0.25, -0.2) is 9.18 Å². The van der Waals surface area contributed by atoms with Crippen LogP contribution < -0.4 is 5.32 Å². The lowest BCUT2D eigenvalue weighted by Crippen LogP contribution is -2.07. The summed E-state index contributed by atoms with van der Waals surface area (Å²) in [5.74, 6) is -0.959. The fourth-order valence-electron chi connectivity index (χ4n) is 1.60. The number of methoxy groups -OCH3 is 1. The summed E-state index contributed by atoms with van der Waals surface area (Å²) in [6.07, 6.45) is 1.37. The van der Waals surface area contributed by atoms with Gasteiger partial charge in [0, 0.05) is 12.1 Å². The Labute approximate surface area is 114 Å². The number of furan rings is 1. The molecule has 1 N–H and O–H groups in total. The first kappa shape index (κ1) is 13.4. The Kier molecular flexibility index (Phi) is 4.06. The molecule has 0 aliphatic rings. The number of anilines is 1. The zero-order valence-electron chi connectivity index (χ0n) is 10.1. The predicted molar refractivity (Wildman–Crippen MR) is 68.8 cm³/mol. The summed E-state index contributed by atoms with van der Waals surface area (Å²) in [5, 5.41) is 3.10. The van der Waals surface area contributed by atoms with E-state index in [0.29, 0.717) is 5.56 Å². The molecule has 0 saturated heterocycles. The number of esters is 1. The van der Waals surface area contributed by atoms with Gasteiger partial charge in [-0.2, -0.15) is 0 Å². The number of nitrogens with one attached hydrogen (secondary N) is 1. The van der Waals surface area contributed by atoms with E-state index in [1.54, 1.807) is 12.1 Å². The Bertz CT molecular complexity index is 577. The maximum atomic E-state index is 13.5. The first-order valence-electron chi connectivity index (χ1n) is 5.46. The highest BCUT2D eigenvalue weighted by molar-refractivity contribution is 6.33. The average Bonchev–Trinajstić information content (AvgIpc) is 2.85. The van der Waals surface area contributed by atoms with Crippen LogP contribution in [-0.4, -0.2) is 13.1 Å². The van der Waals surface area contributed by atoms with Gasteiger partial charge in [-0.15, -0.1) is 0 Å². The molecule has 0 amide bonds. The van der Waals surface area contributed by atoms with Gasteiger partial charge in [-0.1, -0.05) is 17.7 Å². The van der Waals surface area contributed by atoms with Gasteiger partial charge in [0.05, 0.1) is 24.1 Å². The van der Waals surface area contributed by atoms with Crippen molar-refractivity contribution in [1.29, 1.82) is 0 Å². The maximum Gasteiger partial charge on any atom is 0.374 e. The minimum absolute atomic E-state index is 0.0856. The summed E-state index contributed by atoms with van der Waals surface area (Å²) in [5.41, 5.74) is 0.743. The third-order valence-electron chi connectivity index (χ3n) is 2.54. The minimum Gasteiger partial charge on any atom is -0.463 e. The standard InChI is InChI=1S/C13H11ClFNO3/c1-18-13(17)12-8(5-6-19-12)7-16-11-9(14)3-2-4-10(11)15/h2-6,16H,7H2,1H3. The Balaban J connectivity index is 2.15. The monoisotopic (exact) mass is 283 g/mol. The first-order chi connectivity index (χ1) is 9.13. The number of para-hydroxylation sites is 1. The molecule has 0 unspecified atom stereocenters. The van der Waals surface area contributed by atoms with Gasteiger partial charge in [0.15, 0.2) is 0 Å². The highest BCUT2D eigenvalue weighted by Crippen LogP contribution is 2.25. The normalized spacial score (nSPS) is 10.3. The Morgan fingerprint density at radius 2 is 2.26 bits per heavy atom. The molecule has 2 rings (SSSR count). The van der Waals surface area contributed by atoms with Crippen molar-refractivity contribution in [2.24, 2.45) is 0 Å². The van der Waals surface area contributed by atoms with Crippen molar-refractivity contribution in [3.63, 3.8) is 0 Å². The van der Waals surface area contributed by atoms with Gasteiger partial charge >= 0.3 is 5.97 Å². The molecule has 0 saturated carbocycles.